The highest BCUT2D eigenvalue weighted by Gasteiger charge is 2.46. The molecule has 8 heteroatoms. The Bertz CT molecular complexity index is 742. The Morgan fingerprint density at radius 2 is 2.25 bits per heavy atom. The van der Waals surface area contributed by atoms with Crippen molar-refractivity contribution in [2.75, 3.05) is 19.8 Å². The predicted octanol–water partition coefficient (Wildman–Crippen LogP) is 2.17. The molecular weight excluding hydrogens is 334 g/mol. The third kappa shape index (κ3) is 2.97. The van der Waals surface area contributed by atoms with Crippen molar-refractivity contribution in [1.29, 1.82) is 0 Å². The van der Waals surface area contributed by atoms with Gasteiger partial charge in [-0.3, -0.25) is 4.79 Å². The first-order valence-corrected chi connectivity index (χ1v) is 8.13. The van der Waals surface area contributed by atoms with Gasteiger partial charge in [-0.05, 0) is 18.8 Å². The van der Waals surface area contributed by atoms with Gasteiger partial charge in [0.05, 0.1) is 32.2 Å². The molecule has 2 aliphatic rings. The van der Waals surface area contributed by atoms with Crippen LogP contribution in [-0.4, -0.2) is 35.7 Å². The molecule has 4 rings (SSSR count). The second-order valence-electron chi connectivity index (χ2n) is 6.12. The van der Waals surface area contributed by atoms with Crippen molar-refractivity contribution in [2.24, 2.45) is 5.92 Å². The van der Waals surface area contributed by atoms with Crippen LogP contribution in [0.1, 0.15) is 29.2 Å². The summed E-state index contributed by atoms with van der Waals surface area (Å²) in [6.45, 7) is 1.22. The summed E-state index contributed by atoms with van der Waals surface area (Å²) in [6.07, 6.45) is 6.77. The van der Waals surface area contributed by atoms with Gasteiger partial charge in [-0.15, -0.1) is 0 Å². The summed E-state index contributed by atoms with van der Waals surface area (Å²) in [5.74, 6) is 1.12. The van der Waals surface area contributed by atoms with Gasteiger partial charge < -0.3 is 19.2 Å². The molecule has 1 N–H and O–H groups in total. The Hall–Kier alpha value is -2.12. The third-order valence-corrected chi connectivity index (χ3v) is 4.40. The van der Waals surface area contributed by atoms with Crippen LogP contribution in [0, 0.1) is 5.92 Å². The van der Waals surface area contributed by atoms with Crippen molar-refractivity contribution >= 4 is 17.5 Å². The Kier molecular flexibility index (Phi) is 3.90. The average Bonchev–Trinajstić information content (AvgIpc) is 3.21. The van der Waals surface area contributed by atoms with E-state index in [2.05, 4.69) is 15.3 Å². The number of rotatable bonds is 6. The fraction of sp³-hybridized carbons (Fsp3) is 0.438. The van der Waals surface area contributed by atoms with Gasteiger partial charge in [0.15, 0.2) is 5.54 Å². The molecule has 2 fully saturated rings. The van der Waals surface area contributed by atoms with Crippen LogP contribution in [0.3, 0.4) is 0 Å². The number of hydrogen-bond acceptors (Lipinski definition) is 6. The lowest BCUT2D eigenvalue weighted by atomic mass is 9.97. The smallest absolute Gasteiger partial charge is 0.271 e. The lowest BCUT2D eigenvalue weighted by Crippen LogP contribution is -2.59. The van der Waals surface area contributed by atoms with E-state index in [0.717, 1.165) is 0 Å². The predicted molar refractivity (Wildman–Crippen MR) is 83.9 cm³/mol. The fourth-order valence-electron chi connectivity index (χ4n) is 2.44. The van der Waals surface area contributed by atoms with Crippen LogP contribution < -0.4 is 10.1 Å². The molecule has 126 valence electrons. The molecule has 0 radical (unpaired) electrons. The molecule has 1 amide bonds. The number of carbonyl (C=O) groups is 1. The number of amides is 1. The average molecular weight is 350 g/mol. The van der Waals surface area contributed by atoms with E-state index in [1.165, 1.54) is 31.5 Å². The van der Waals surface area contributed by atoms with Crippen LogP contribution in [0.4, 0.5) is 0 Å². The van der Waals surface area contributed by atoms with Crippen LogP contribution in [-0.2, 0) is 10.3 Å². The van der Waals surface area contributed by atoms with Gasteiger partial charge in [-0.25, -0.2) is 9.97 Å². The molecule has 0 atom stereocenters. The number of hydrogen-bond donors (Lipinski definition) is 1. The fourth-order valence-corrected chi connectivity index (χ4v) is 2.60. The molecule has 0 unspecified atom stereocenters. The van der Waals surface area contributed by atoms with Crippen LogP contribution in [0.5, 0.6) is 5.75 Å². The standard InChI is InChI=1S/C16H16ClN3O4/c17-11-6-19-12(5-13(11)24-7-10-1-2-10)14(21)20-16(8-22-9-16)15-18-3-4-23-15/h3-6,10H,1-2,7-9H2,(H,20,21). The molecule has 24 heavy (non-hydrogen) atoms. The highest BCUT2D eigenvalue weighted by atomic mass is 35.5. The number of aromatic nitrogens is 2. The third-order valence-electron chi connectivity index (χ3n) is 4.12. The molecule has 0 bridgehead atoms. The normalized spacial score (nSPS) is 18.7. The van der Waals surface area contributed by atoms with Gasteiger partial charge in [-0.1, -0.05) is 11.6 Å². The maximum absolute atomic E-state index is 12.6. The van der Waals surface area contributed by atoms with E-state index in [1.54, 1.807) is 6.07 Å². The van der Waals surface area contributed by atoms with E-state index in [1.807, 2.05) is 0 Å². The summed E-state index contributed by atoms with van der Waals surface area (Å²) in [4.78, 5) is 20.8. The van der Waals surface area contributed by atoms with Crippen LogP contribution >= 0.6 is 11.6 Å². The number of nitrogens with one attached hydrogen (secondary N) is 1. The second-order valence-corrected chi connectivity index (χ2v) is 6.53. The van der Waals surface area contributed by atoms with Crippen molar-refractivity contribution in [2.45, 2.75) is 18.4 Å². The molecule has 1 saturated heterocycles. The van der Waals surface area contributed by atoms with Gasteiger partial charge in [0, 0.05) is 6.07 Å². The van der Waals surface area contributed by atoms with Crippen LogP contribution in [0.15, 0.2) is 29.1 Å². The maximum Gasteiger partial charge on any atom is 0.271 e. The summed E-state index contributed by atoms with van der Waals surface area (Å²) in [6, 6.07) is 1.56. The number of carbonyl (C=O) groups excluding carboxylic acids is 1. The molecule has 2 aromatic heterocycles. The van der Waals surface area contributed by atoms with E-state index in [-0.39, 0.29) is 11.6 Å². The van der Waals surface area contributed by atoms with Gasteiger partial charge in [-0.2, -0.15) is 0 Å². The first-order chi connectivity index (χ1) is 11.7. The van der Waals surface area contributed by atoms with E-state index in [9.17, 15) is 4.79 Å². The number of nitrogens with zero attached hydrogens (tertiary/aromatic N) is 2. The Morgan fingerprint density at radius 1 is 1.42 bits per heavy atom. The van der Waals surface area contributed by atoms with Crippen molar-refractivity contribution in [3.05, 3.63) is 41.3 Å². The highest BCUT2D eigenvalue weighted by Crippen LogP contribution is 2.32. The van der Waals surface area contributed by atoms with Crippen molar-refractivity contribution in [3.63, 3.8) is 0 Å². The van der Waals surface area contributed by atoms with E-state index in [4.69, 9.17) is 25.5 Å². The topological polar surface area (TPSA) is 86.5 Å². The van der Waals surface area contributed by atoms with Gasteiger partial charge >= 0.3 is 0 Å². The zero-order valence-electron chi connectivity index (χ0n) is 12.8. The zero-order chi connectivity index (χ0) is 16.6. The minimum Gasteiger partial charge on any atom is -0.492 e. The Morgan fingerprint density at radius 3 is 2.88 bits per heavy atom. The molecule has 2 aromatic rings. The highest BCUT2D eigenvalue weighted by molar-refractivity contribution is 6.32. The molecule has 1 aliphatic heterocycles. The monoisotopic (exact) mass is 349 g/mol. The van der Waals surface area contributed by atoms with Crippen molar-refractivity contribution < 1.29 is 18.7 Å². The van der Waals surface area contributed by atoms with Crippen LogP contribution in [0.25, 0.3) is 0 Å². The molecule has 3 heterocycles. The molecule has 0 spiro atoms. The zero-order valence-corrected chi connectivity index (χ0v) is 13.6. The van der Waals surface area contributed by atoms with Crippen molar-refractivity contribution in [3.8, 4) is 5.75 Å². The van der Waals surface area contributed by atoms with Gasteiger partial charge in [0.1, 0.15) is 22.7 Å². The molecule has 1 saturated carbocycles. The minimum absolute atomic E-state index is 0.225. The number of pyridine rings is 1. The lowest BCUT2D eigenvalue weighted by Gasteiger charge is -2.38. The lowest BCUT2D eigenvalue weighted by molar-refractivity contribution is -0.0857. The molecular formula is C16H16ClN3O4. The summed E-state index contributed by atoms with van der Waals surface area (Å²) >= 11 is 6.09. The van der Waals surface area contributed by atoms with E-state index >= 15 is 0 Å². The van der Waals surface area contributed by atoms with Gasteiger partial charge in [0.2, 0.25) is 5.89 Å². The molecule has 0 aromatic carbocycles. The summed E-state index contributed by atoms with van der Waals surface area (Å²) in [5, 5.41) is 3.28. The Labute approximate surface area is 143 Å². The SMILES string of the molecule is O=C(NC1(c2ncco2)COC1)c1cc(OCC2CC2)c(Cl)cn1. The Balaban J connectivity index is 1.50. The largest absolute Gasteiger partial charge is 0.492 e. The quantitative estimate of drug-likeness (QED) is 0.860. The second kappa shape index (κ2) is 6.07. The maximum atomic E-state index is 12.6. The molecule has 7 nitrogen and oxygen atoms in total. The van der Waals surface area contributed by atoms with E-state index in [0.29, 0.717) is 42.4 Å². The number of oxazole rings is 1. The first-order valence-electron chi connectivity index (χ1n) is 7.75. The van der Waals surface area contributed by atoms with Gasteiger partial charge in [0.25, 0.3) is 5.91 Å². The first kappa shape index (κ1) is 15.4. The van der Waals surface area contributed by atoms with E-state index < -0.39 is 5.54 Å². The number of ether oxygens (including phenoxy) is 2. The summed E-state index contributed by atoms with van der Waals surface area (Å²) in [7, 11) is 0. The van der Waals surface area contributed by atoms with Crippen molar-refractivity contribution in [1.82, 2.24) is 15.3 Å². The summed E-state index contributed by atoms with van der Waals surface area (Å²) < 4.78 is 16.2. The molecule has 1 aliphatic carbocycles. The summed E-state index contributed by atoms with van der Waals surface area (Å²) in [5.41, 5.74) is -0.528. The number of halogens is 1. The minimum atomic E-state index is -0.753. The van der Waals surface area contributed by atoms with Crippen LogP contribution in [0.2, 0.25) is 5.02 Å².